The number of hydrogen-bond acceptors (Lipinski definition) is 6. The topological polar surface area (TPSA) is 118 Å². The van der Waals surface area contributed by atoms with E-state index in [-0.39, 0.29) is 11.5 Å². The number of unbranched alkanes of at least 4 members (excludes halogenated alkanes) is 11. The molecule has 1 aliphatic heterocycles. The van der Waals surface area contributed by atoms with E-state index in [4.69, 9.17) is 9.39 Å². The van der Waals surface area contributed by atoms with Gasteiger partial charge in [-0.1, -0.05) is 70.4 Å². The first-order chi connectivity index (χ1) is 14.8. The molecular formula is C22H37NO7S. The van der Waals surface area contributed by atoms with Crippen LogP contribution in [0.15, 0.2) is 12.2 Å². The normalized spacial score (nSPS) is 17.1. The molecule has 1 N–H and O–H groups in total. The summed E-state index contributed by atoms with van der Waals surface area (Å²) < 4.78 is 31.1. The lowest BCUT2D eigenvalue weighted by atomic mass is 10.1. The number of carbonyl (C=O) groups excluding carboxylic acids is 3. The van der Waals surface area contributed by atoms with Crippen LogP contribution in [0.1, 0.15) is 103 Å². The van der Waals surface area contributed by atoms with E-state index in [1.165, 1.54) is 38.5 Å². The highest BCUT2D eigenvalue weighted by Crippen LogP contribution is 2.20. The third-order valence-corrected chi connectivity index (χ3v) is 6.34. The molecule has 2 amide bonds. The summed E-state index contributed by atoms with van der Waals surface area (Å²) in [6.45, 7) is 2.23. The molecule has 1 saturated heterocycles. The van der Waals surface area contributed by atoms with Gasteiger partial charge in [0.05, 0.1) is 6.42 Å². The number of imide groups is 1. The van der Waals surface area contributed by atoms with E-state index in [1.807, 2.05) is 0 Å². The van der Waals surface area contributed by atoms with E-state index in [0.717, 1.165) is 38.5 Å². The van der Waals surface area contributed by atoms with Crippen molar-refractivity contribution in [2.45, 2.75) is 108 Å². The van der Waals surface area contributed by atoms with Crippen LogP contribution in [0.4, 0.5) is 0 Å². The van der Waals surface area contributed by atoms with Crippen molar-refractivity contribution in [1.29, 1.82) is 0 Å². The van der Waals surface area contributed by atoms with Crippen LogP contribution < -0.4 is 0 Å². The Balaban J connectivity index is 2.02. The molecule has 0 bridgehead atoms. The van der Waals surface area contributed by atoms with Gasteiger partial charge in [-0.15, -0.1) is 5.06 Å². The van der Waals surface area contributed by atoms with Gasteiger partial charge in [-0.05, 0) is 32.1 Å². The summed E-state index contributed by atoms with van der Waals surface area (Å²) in [4.78, 5) is 39.9. The quantitative estimate of drug-likeness (QED) is 0.147. The van der Waals surface area contributed by atoms with Gasteiger partial charge in [0.15, 0.2) is 5.25 Å². The summed E-state index contributed by atoms with van der Waals surface area (Å²) in [5.41, 5.74) is 0. The molecule has 8 nitrogen and oxygen atoms in total. The molecule has 1 aliphatic rings. The molecule has 0 aliphatic carbocycles. The lowest BCUT2D eigenvalue weighted by Crippen LogP contribution is -2.36. The minimum Gasteiger partial charge on any atom is -0.330 e. The molecular weight excluding hydrogens is 422 g/mol. The number of rotatable bonds is 17. The summed E-state index contributed by atoms with van der Waals surface area (Å²) >= 11 is 0. The van der Waals surface area contributed by atoms with Crippen molar-refractivity contribution < 1.29 is 32.2 Å². The number of hydrogen-bond donors (Lipinski definition) is 1. The zero-order valence-electron chi connectivity index (χ0n) is 18.6. The van der Waals surface area contributed by atoms with E-state index in [2.05, 4.69) is 19.1 Å². The summed E-state index contributed by atoms with van der Waals surface area (Å²) in [6.07, 6.45) is 18.5. The van der Waals surface area contributed by atoms with Crippen LogP contribution in [-0.4, -0.2) is 41.1 Å². The Morgan fingerprint density at radius 3 is 2.00 bits per heavy atom. The molecule has 0 radical (unpaired) electrons. The molecule has 0 aromatic rings. The van der Waals surface area contributed by atoms with Crippen molar-refractivity contribution in [3.63, 3.8) is 0 Å². The lowest BCUT2D eigenvalue weighted by Gasteiger charge is -2.13. The van der Waals surface area contributed by atoms with Crippen LogP contribution >= 0.6 is 0 Å². The third kappa shape index (κ3) is 11.4. The second-order valence-electron chi connectivity index (χ2n) is 8.03. The van der Waals surface area contributed by atoms with Crippen molar-refractivity contribution >= 4 is 27.9 Å². The smallest absolute Gasteiger partial charge is 0.330 e. The molecule has 178 valence electrons. The van der Waals surface area contributed by atoms with Gasteiger partial charge in [-0.3, -0.25) is 14.1 Å². The van der Waals surface area contributed by atoms with E-state index >= 15 is 0 Å². The fourth-order valence-corrected chi connectivity index (χ4v) is 4.10. The van der Waals surface area contributed by atoms with Crippen molar-refractivity contribution in [3.05, 3.63) is 12.2 Å². The molecule has 0 unspecified atom stereocenters. The minimum absolute atomic E-state index is 0.0335. The Morgan fingerprint density at radius 1 is 0.968 bits per heavy atom. The average Bonchev–Trinajstić information content (AvgIpc) is 2.99. The van der Waals surface area contributed by atoms with Crippen molar-refractivity contribution in [3.8, 4) is 0 Å². The van der Waals surface area contributed by atoms with Gasteiger partial charge in [-0.25, -0.2) is 4.79 Å². The van der Waals surface area contributed by atoms with Crippen molar-refractivity contribution in [1.82, 2.24) is 5.06 Å². The fourth-order valence-electron chi connectivity index (χ4n) is 3.40. The molecule has 1 rings (SSSR count). The summed E-state index contributed by atoms with van der Waals surface area (Å²) in [5, 5.41) is -1.74. The zero-order valence-corrected chi connectivity index (χ0v) is 19.4. The van der Waals surface area contributed by atoms with Gasteiger partial charge >= 0.3 is 5.97 Å². The number of amides is 2. The molecule has 31 heavy (non-hydrogen) atoms. The highest BCUT2D eigenvalue weighted by atomic mass is 32.2. The van der Waals surface area contributed by atoms with Gasteiger partial charge in [-0.2, -0.15) is 8.42 Å². The third-order valence-electron chi connectivity index (χ3n) is 5.26. The molecule has 0 aromatic carbocycles. The first kappa shape index (κ1) is 27.3. The molecule has 0 aromatic heterocycles. The van der Waals surface area contributed by atoms with Gasteiger partial charge in [0.1, 0.15) is 0 Å². The highest BCUT2D eigenvalue weighted by molar-refractivity contribution is 7.87. The first-order valence-electron chi connectivity index (χ1n) is 11.5. The standard InChI is InChI=1S/C22H37NO7S/c1-2-3-4-5-6-7-8-9-10-11-12-13-14-15-16-17-21(25)30-23-20(24)18-19(22(23)26)31(27,28)29/h9-10,19H,2-8,11-18H2,1H3,(H,27,28,29)/b10-9-/t19-/m0/s1. The number of hydroxylamine groups is 2. The van der Waals surface area contributed by atoms with Crippen LogP contribution in [0.2, 0.25) is 0 Å². The van der Waals surface area contributed by atoms with Crippen LogP contribution in [0.5, 0.6) is 0 Å². The van der Waals surface area contributed by atoms with Crippen LogP contribution in [0.25, 0.3) is 0 Å². The lowest BCUT2D eigenvalue weighted by molar-refractivity contribution is -0.197. The van der Waals surface area contributed by atoms with Crippen LogP contribution in [0, 0.1) is 0 Å². The number of nitrogens with zero attached hydrogens (tertiary/aromatic N) is 1. The Bertz CT molecular complexity index is 703. The predicted molar refractivity (Wildman–Crippen MR) is 117 cm³/mol. The van der Waals surface area contributed by atoms with Crippen LogP contribution in [0.3, 0.4) is 0 Å². The zero-order chi connectivity index (χ0) is 23.1. The Labute approximate surface area is 186 Å². The molecule has 1 fully saturated rings. The SMILES string of the molecule is CCCCCCCC/C=C\CCCCCCCC(=O)ON1C(=O)C[C@H](S(=O)(=O)O)C1=O. The van der Waals surface area contributed by atoms with Gasteiger partial charge in [0.2, 0.25) is 0 Å². The predicted octanol–water partition coefficient (Wildman–Crippen LogP) is 4.50. The van der Waals surface area contributed by atoms with E-state index < -0.39 is 39.6 Å². The number of allylic oxidation sites excluding steroid dienone is 2. The average molecular weight is 460 g/mol. The van der Waals surface area contributed by atoms with Gasteiger partial charge < -0.3 is 4.84 Å². The Morgan fingerprint density at radius 2 is 1.48 bits per heavy atom. The van der Waals surface area contributed by atoms with Crippen molar-refractivity contribution in [2.75, 3.05) is 0 Å². The summed E-state index contributed by atoms with van der Waals surface area (Å²) in [6, 6.07) is 0. The molecule has 9 heteroatoms. The maximum Gasteiger partial charge on any atom is 0.333 e. The van der Waals surface area contributed by atoms with E-state index in [0.29, 0.717) is 6.42 Å². The molecule has 1 atom stereocenters. The highest BCUT2D eigenvalue weighted by Gasteiger charge is 2.48. The van der Waals surface area contributed by atoms with E-state index in [1.54, 1.807) is 0 Å². The fraction of sp³-hybridized carbons (Fsp3) is 0.773. The molecule has 1 heterocycles. The second kappa shape index (κ2) is 15.1. The first-order valence-corrected chi connectivity index (χ1v) is 13.0. The summed E-state index contributed by atoms with van der Waals surface area (Å²) in [7, 11) is -4.71. The summed E-state index contributed by atoms with van der Waals surface area (Å²) in [5.74, 6) is -2.95. The second-order valence-corrected chi connectivity index (χ2v) is 9.63. The van der Waals surface area contributed by atoms with Gasteiger partial charge in [0.25, 0.3) is 21.9 Å². The Hall–Kier alpha value is -1.74. The van der Waals surface area contributed by atoms with Crippen LogP contribution in [-0.2, 0) is 29.3 Å². The number of carbonyl (C=O) groups is 3. The maximum absolute atomic E-state index is 11.8. The molecule has 0 saturated carbocycles. The van der Waals surface area contributed by atoms with E-state index in [9.17, 15) is 22.8 Å². The largest absolute Gasteiger partial charge is 0.333 e. The van der Waals surface area contributed by atoms with Crippen molar-refractivity contribution in [2.24, 2.45) is 0 Å². The maximum atomic E-state index is 11.8. The Kier molecular flexibility index (Phi) is 13.3. The van der Waals surface area contributed by atoms with Gasteiger partial charge in [0, 0.05) is 6.42 Å². The minimum atomic E-state index is -4.71. The molecule has 0 spiro atoms. The monoisotopic (exact) mass is 459 g/mol.